The highest BCUT2D eigenvalue weighted by molar-refractivity contribution is 5.74. The van der Waals surface area contributed by atoms with Gasteiger partial charge in [-0.15, -0.1) is 0 Å². The summed E-state index contributed by atoms with van der Waals surface area (Å²) in [5, 5.41) is 9.21. The van der Waals surface area contributed by atoms with Crippen molar-refractivity contribution in [3.05, 3.63) is 12.7 Å². The summed E-state index contributed by atoms with van der Waals surface area (Å²) in [6, 6.07) is 0. The van der Waals surface area contributed by atoms with Crippen LogP contribution in [0.2, 0.25) is 0 Å². The van der Waals surface area contributed by atoms with Gasteiger partial charge in [-0.3, -0.25) is 4.79 Å². The maximum Gasteiger partial charge on any atom is 0.410 e. The molecule has 0 radical (unpaired) electrons. The molecule has 112 valence electrons. The summed E-state index contributed by atoms with van der Waals surface area (Å²) >= 11 is 0. The van der Waals surface area contributed by atoms with Crippen LogP contribution in [-0.2, 0) is 9.53 Å². The zero-order valence-corrected chi connectivity index (χ0v) is 11.8. The number of carbonyl (C=O) groups is 2. The highest BCUT2D eigenvalue weighted by Gasteiger charge is 2.46. The minimum atomic E-state index is -0.822. The lowest BCUT2D eigenvalue weighted by molar-refractivity contribution is -0.145. The van der Waals surface area contributed by atoms with E-state index in [1.165, 1.54) is 12.5 Å². The standard InChI is InChI=1S/C15H23NO4/c1-2-10-20-14(19)16-11-12(13(17)18)6-9-15(16)7-4-3-5-8-15/h2,12H,1,3-11H2,(H,17,18). The Labute approximate surface area is 119 Å². The van der Waals surface area contributed by atoms with Gasteiger partial charge in [0.1, 0.15) is 6.61 Å². The van der Waals surface area contributed by atoms with Crippen molar-refractivity contribution < 1.29 is 19.4 Å². The van der Waals surface area contributed by atoms with Gasteiger partial charge in [0.25, 0.3) is 0 Å². The molecular formula is C15H23NO4. The van der Waals surface area contributed by atoms with E-state index in [0.717, 1.165) is 32.1 Å². The molecule has 0 bridgehead atoms. The fourth-order valence-corrected chi connectivity index (χ4v) is 3.49. The predicted molar refractivity (Wildman–Crippen MR) is 74.4 cm³/mol. The Morgan fingerprint density at radius 3 is 2.60 bits per heavy atom. The predicted octanol–water partition coefficient (Wildman–Crippen LogP) is 2.81. The van der Waals surface area contributed by atoms with E-state index in [1.807, 2.05) is 0 Å². The van der Waals surface area contributed by atoms with Crippen LogP contribution in [0.4, 0.5) is 4.79 Å². The third-order valence-electron chi connectivity index (χ3n) is 4.61. The second kappa shape index (κ2) is 6.29. The fraction of sp³-hybridized carbons (Fsp3) is 0.733. The van der Waals surface area contributed by atoms with Crippen LogP contribution >= 0.6 is 0 Å². The first-order chi connectivity index (χ1) is 9.59. The van der Waals surface area contributed by atoms with Crippen molar-refractivity contribution in [2.75, 3.05) is 13.2 Å². The molecule has 5 heteroatoms. The molecule has 1 N–H and O–H groups in total. The number of carbonyl (C=O) groups excluding carboxylic acids is 1. The molecule has 1 amide bonds. The van der Waals surface area contributed by atoms with E-state index in [-0.39, 0.29) is 18.7 Å². The summed E-state index contributed by atoms with van der Waals surface area (Å²) in [7, 11) is 0. The molecule has 1 heterocycles. The second-order valence-electron chi connectivity index (χ2n) is 5.84. The van der Waals surface area contributed by atoms with E-state index >= 15 is 0 Å². The maximum absolute atomic E-state index is 12.3. The molecule has 1 aliphatic heterocycles. The van der Waals surface area contributed by atoms with Crippen molar-refractivity contribution in [1.82, 2.24) is 4.90 Å². The molecule has 2 fully saturated rings. The zero-order chi connectivity index (χ0) is 14.6. The number of aliphatic carboxylic acids is 1. The number of amides is 1. The Bertz CT molecular complexity index is 387. The number of carboxylic acids is 1. The average molecular weight is 281 g/mol. The highest BCUT2D eigenvalue weighted by atomic mass is 16.6. The molecule has 1 spiro atoms. The van der Waals surface area contributed by atoms with Gasteiger partial charge < -0.3 is 14.7 Å². The molecule has 1 saturated heterocycles. The lowest BCUT2D eigenvalue weighted by Gasteiger charge is -2.50. The monoisotopic (exact) mass is 281 g/mol. The normalized spacial score (nSPS) is 25.2. The molecule has 1 unspecified atom stereocenters. The van der Waals surface area contributed by atoms with E-state index < -0.39 is 18.0 Å². The van der Waals surface area contributed by atoms with E-state index in [4.69, 9.17) is 4.74 Å². The quantitative estimate of drug-likeness (QED) is 0.808. The minimum absolute atomic E-state index is 0.170. The highest BCUT2D eigenvalue weighted by Crippen LogP contribution is 2.42. The Hall–Kier alpha value is -1.52. The number of likely N-dealkylation sites (tertiary alicyclic amines) is 1. The van der Waals surface area contributed by atoms with Gasteiger partial charge in [-0.05, 0) is 25.7 Å². The van der Waals surface area contributed by atoms with Gasteiger partial charge in [0, 0.05) is 12.1 Å². The SMILES string of the molecule is C=CCOC(=O)N1CC(C(=O)O)CCC12CCCCC2. The van der Waals surface area contributed by atoms with Gasteiger partial charge in [-0.2, -0.15) is 0 Å². The number of nitrogens with zero attached hydrogens (tertiary/aromatic N) is 1. The largest absolute Gasteiger partial charge is 0.481 e. The Morgan fingerprint density at radius 2 is 2.00 bits per heavy atom. The van der Waals surface area contributed by atoms with Crippen molar-refractivity contribution in [2.45, 2.75) is 50.5 Å². The molecule has 20 heavy (non-hydrogen) atoms. The van der Waals surface area contributed by atoms with Crippen LogP contribution in [0.25, 0.3) is 0 Å². The Balaban J connectivity index is 2.15. The maximum atomic E-state index is 12.3. The summed E-state index contributed by atoms with van der Waals surface area (Å²) < 4.78 is 5.16. The molecule has 0 aromatic heterocycles. The molecular weight excluding hydrogens is 258 g/mol. The molecule has 2 rings (SSSR count). The molecule has 1 atom stereocenters. The van der Waals surface area contributed by atoms with E-state index in [0.29, 0.717) is 6.42 Å². The van der Waals surface area contributed by atoms with E-state index in [1.54, 1.807) is 4.90 Å². The second-order valence-corrected chi connectivity index (χ2v) is 5.84. The van der Waals surface area contributed by atoms with Crippen molar-refractivity contribution in [3.63, 3.8) is 0 Å². The molecule has 0 aromatic rings. The third-order valence-corrected chi connectivity index (χ3v) is 4.61. The fourth-order valence-electron chi connectivity index (χ4n) is 3.49. The van der Waals surface area contributed by atoms with Crippen LogP contribution in [0.5, 0.6) is 0 Å². The summed E-state index contributed by atoms with van der Waals surface area (Å²) in [5.74, 6) is -1.30. The summed E-state index contributed by atoms with van der Waals surface area (Å²) in [6.07, 6.45) is 7.88. The van der Waals surface area contributed by atoms with Crippen molar-refractivity contribution in [2.24, 2.45) is 5.92 Å². The van der Waals surface area contributed by atoms with Gasteiger partial charge in [-0.25, -0.2) is 4.79 Å². The van der Waals surface area contributed by atoms with Gasteiger partial charge in [0.05, 0.1) is 5.92 Å². The molecule has 2 aliphatic rings. The van der Waals surface area contributed by atoms with Crippen molar-refractivity contribution in [1.29, 1.82) is 0 Å². The van der Waals surface area contributed by atoms with Crippen LogP contribution in [0.1, 0.15) is 44.9 Å². The lowest BCUT2D eigenvalue weighted by atomic mass is 9.73. The smallest absolute Gasteiger partial charge is 0.410 e. The third kappa shape index (κ3) is 2.97. The van der Waals surface area contributed by atoms with Crippen LogP contribution in [-0.4, -0.2) is 40.8 Å². The van der Waals surface area contributed by atoms with Gasteiger partial charge in [0.15, 0.2) is 0 Å². The number of piperidine rings is 1. The summed E-state index contributed by atoms with van der Waals surface area (Å²) in [5.41, 5.74) is -0.178. The summed E-state index contributed by atoms with van der Waals surface area (Å²) in [4.78, 5) is 25.2. The number of ether oxygens (including phenoxy) is 1. The van der Waals surface area contributed by atoms with Gasteiger partial charge in [0.2, 0.25) is 0 Å². The number of hydrogen-bond donors (Lipinski definition) is 1. The Kier molecular flexibility index (Phi) is 4.68. The van der Waals surface area contributed by atoms with Crippen molar-refractivity contribution in [3.8, 4) is 0 Å². The van der Waals surface area contributed by atoms with Crippen LogP contribution in [0.3, 0.4) is 0 Å². The molecule has 0 aromatic carbocycles. The zero-order valence-electron chi connectivity index (χ0n) is 11.8. The molecule has 5 nitrogen and oxygen atoms in total. The van der Waals surface area contributed by atoms with Crippen LogP contribution in [0.15, 0.2) is 12.7 Å². The van der Waals surface area contributed by atoms with E-state index in [9.17, 15) is 14.7 Å². The average Bonchev–Trinajstić information content (AvgIpc) is 2.46. The Morgan fingerprint density at radius 1 is 1.30 bits per heavy atom. The number of hydrogen-bond acceptors (Lipinski definition) is 3. The first-order valence-electron chi connectivity index (χ1n) is 7.37. The van der Waals surface area contributed by atoms with Gasteiger partial charge >= 0.3 is 12.1 Å². The lowest BCUT2D eigenvalue weighted by Crippen LogP contribution is -2.58. The minimum Gasteiger partial charge on any atom is -0.481 e. The molecule has 1 aliphatic carbocycles. The van der Waals surface area contributed by atoms with Crippen molar-refractivity contribution >= 4 is 12.1 Å². The number of rotatable bonds is 3. The van der Waals surface area contributed by atoms with Crippen LogP contribution < -0.4 is 0 Å². The summed E-state index contributed by atoms with van der Waals surface area (Å²) in [6.45, 7) is 3.97. The topological polar surface area (TPSA) is 66.8 Å². The first-order valence-corrected chi connectivity index (χ1v) is 7.37. The van der Waals surface area contributed by atoms with Crippen LogP contribution in [0, 0.1) is 5.92 Å². The molecule has 1 saturated carbocycles. The first kappa shape index (κ1) is 14.9. The number of carboxylic acid groups (broad SMARTS) is 1. The van der Waals surface area contributed by atoms with Gasteiger partial charge in [-0.1, -0.05) is 31.9 Å². The van der Waals surface area contributed by atoms with E-state index in [2.05, 4.69) is 6.58 Å².